The van der Waals surface area contributed by atoms with Crippen LogP contribution in [0.4, 0.5) is 0 Å². The van der Waals surface area contributed by atoms with Crippen molar-refractivity contribution in [2.75, 3.05) is 7.05 Å². The molecule has 0 aromatic carbocycles. The Kier molecular flexibility index (Phi) is 6.36. The highest BCUT2D eigenvalue weighted by atomic mass is 32.2. The van der Waals surface area contributed by atoms with Gasteiger partial charge in [0.15, 0.2) is 0 Å². The minimum absolute atomic E-state index is 0.181. The number of amides is 1. The van der Waals surface area contributed by atoms with Crippen molar-refractivity contribution in [1.29, 1.82) is 0 Å². The van der Waals surface area contributed by atoms with E-state index in [9.17, 15) is 14.7 Å². The van der Waals surface area contributed by atoms with Crippen molar-refractivity contribution in [3.05, 3.63) is 12.2 Å². The molecule has 0 rings (SSSR count). The van der Waals surface area contributed by atoms with Crippen LogP contribution in [0.3, 0.4) is 0 Å². The topological polar surface area (TPSA) is 57.6 Å². The maximum Gasteiger partial charge on any atom is 0.220 e. The second-order valence-electron chi connectivity index (χ2n) is 3.68. The average Bonchev–Trinajstić information content (AvgIpc) is 2.23. The Hall–Kier alpha value is -0.810. The molecule has 0 fully saturated rings. The lowest BCUT2D eigenvalue weighted by molar-refractivity contribution is -0.129. The maximum atomic E-state index is 11.5. The summed E-state index contributed by atoms with van der Waals surface area (Å²) in [7, 11) is 1.57. The van der Waals surface area contributed by atoms with Crippen LogP contribution >= 0.6 is 11.8 Å². The van der Waals surface area contributed by atoms with Gasteiger partial charge in [-0.05, 0) is 18.9 Å². The summed E-state index contributed by atoms with van der Waals surface area (Å²) in [4.78, 5) is 24.1. The highest BCUT2D eigenvalue weighted by Crippen LogP contribution is 2.23. The van der Waals surface area contributed by atoms with Crippen molar-refractivity contribution in [3.63, 3.8) is 0 Å². The number of hydrogen-bond donors (Lipinski definition) is 1. The molecule has 16 heavy (non-hydrogen) atoms. The number of thioether (sulfide) groups is 1. The van der Waals surface area contributed by atoms with Crippen LogP contribution in [0.15, 0.2) is 12.2 Å². The molecule has 0 aliphatic heterocycles. The zero-order valence-electron chi connectivity index (χ0n) is 10.2. The molecule has 4 nitrogen and oxygen atoms in total. The van der Waals surface area contributed by atoms with Crippen LogP contribution in [0.25, 0.3) is 0 Å². The summed E-state index contributed by atoms with van der Waals surface area (Å²) in [6.07, 6.45) is -0.235. The molecular formula is C11H19NO3S. The van der Waals surface area contributed by atoms with E-state index in [-0.39, 0.29) is 11.0 Å². The van der Waals surface area contributed by atoms with Gasteiger partial charge in [-0.1, -0.05) is 25.3 Å². The Morgan fingerprint density at radius 3 is 2.25 bits per heavy atom. The molecule has 0 saturated heterocycles. The molecule has 0 heterocycles. The van der Waals surface area contributed by atoms with E-state index in [0.29, 0.717) is 12.0 Å². The Labute approximate surface area is 101 Å². The molecule has 0 bridgehead atoms. The fraction of sp³-hybridized carbons (Fsp3) is 0.636. The summed E-state index contributed by atoms with van der Waals surface area (Å²) in [6, 6.07) is 0. The summed E-state index contributed by atoms with van der Waals surface area (Å²) < 4.78 is 0. The smallest absolute Gasteiger partial charge is 0.220 e. The minimum Gasteiger partial charge on any atom is -0.390 e. The first-order chi connectivity index (χ1) is 7.31. The molecule has 2 atom stereocenters. The highest BCUT2D eigenvalue weighted by Gasteiger charge is 2.27. The lowest BCUT2D eigenvalue weighted by Crippen LogP contribution is -2.42. The second kappa shape index (κ2) is 6.70. The van der Waals surface area contributed by atoms with Crippen molar-refractivity contribution in [2.24, 2.45) is 0 Å². The Bertz CT molecular complexity index is 291. The van der Waals surface area contributed by atoms with Gasteiger partial charge in [0.25, 0.3) is 0 Å². The number of aliphatic hydroxyl groups is 1. The number of hydrogen-bond acceptors (Lipinski definition) is 4. The second-order valence-corrected chi connectivity index (χ2v) is 4.77. The standard InChI is InChI=1S/C11H19NO3S/c1-6-9(14)10(12(5)8(4)13)16-11(15)7(2)3/h9-10,14H,2,6H2,1,3-5H3. The summed E-state index contributed by atoms with van der Waals surface area (Å²) in [5.74, 6) is -0.181. The van der Waals surface area contributed by atoms with Crippen molar-refractivity contribution < 1.29 is 14.7 Å². The van der Waals surface area contributed by atoms with Gasteiger partial charge in [0.2, 0.25) is 11.0 Å². The molecule has 0 aromatic heterocycles. The first kappa shape index (κ1) is 15.2. The zero-order chi connectivity index (χ0) is 12.9. The molecular weight excluding hydrogens is 226 g/mol. The van der Waals surface area contributed by atoms with E-state index >= 15 is 0 Å². The Balaban J connectivity index is 4.74. The SMILES string of the molecule is C=C(C)C(=O)SC(C(O)CC)N(C)C(C)=O. The van der Waals surface area contributed by atoms with E-state index in [4.69, 9.17) is 0 Å². The predicted molar refractivity (Wildman–Crippen MR) is 65.9 cm³/mol. The minimum atomic E-state index is -0.720. The van der Waals surface area contributed by atoms with Crippen molar-refractivity contribution in [2.45, 2.75) is 38.7 Å². The lowest BCUT2D eigenvalue weighted by atomic mass is 10.2. The number of carbonyl (C=O) groups excluding carboxylic acids is 2. The molecule has 0 radical (unpaired) electrons. The molecule has 0 aliphatic carbocycles. The van der Waals surface area contributed by atoms with E-state index in [1.807, 2.05) is 0 Å². The maximum absolute atomic E-state index is 11.5. The normalized spacial score (nSPS) is 14.1. The monoisotopic (exact) mass is 245 g/mol. The average molecular weight is 245 g/mol. The van der Waals surface area contributed by atoms with Gasteiger partial charge in [-0.3, -0.25) is 9.59 Å². The third-order valence-corrected chi connectivity index (χ3v) is 3.64. The molecule has 0 aliphatic rings. The van der Waals surface area contributed by atoms with E-state index in [1.165, 1.54) is 11.8 Å². The third kappa shape index (κ3) is 4.37. The van der Waals surface area contributed by atoms with Crippen LogP contribution in [-0.2, 0) is 9.59 Å². The molecule has 5 heteroatoms. The summed E-state index contributed by atoms with van der Waals surface area (Å²) in [6.45, 7) is 8.36. The highest BCUT2D eigenvalue weighted by molar-refractivity contribution is 8.14. The summed E-state index contributed by atoms with van der Waals surface area (Å²) in [5.41, 5.74) is 0.412. The predicted octanol–water partition coefficient (Wildman–Crippen LogP) is 1.40. The molecule has 2 unspecified atom stereocenters. The van der Waals surface area contributed by atoms with Crippen LogP contribution in [0.5, 0.6) is 0 Å². The fourth-order valence-corrected chi connectivity index (χ4v) is 2.08. The summed E-state index contributed by atoms with van der Waals surface area (Å²) >= 11 is 0.939. The Morgan fingerprint density at radius 1 is 1.44 bits per heavy atom. The van der Waals surface area contributed by atoms with Gasteiger partial charge in [-0.25, -0.2) is 0 Å². The molecule has 92 valence electrons. The van der Waals surface area contributed by atoms with Gasteiger partial charge in [0.05, 0.1) is 6.10 Å². The first-order valence-electron chi connectivity index (χ1n) is 5.09. The van der Waals surface area contributed by atoms with Gasteiger partial charge in [-0.2, -0.15) is 0 Å². The van der Waals surface area contributed by atoms with Crippen molar-refractivity contribution in [3.8, 4) is 0 Å². The molecule has 0 aromatic rings. The fourth-order valence-electron chi connectivity index (χ4n) is 1.01. The number of carbonyl (C=O) groups is 2. The largest absolute Gasteiger partial charge is 0.390 e. The van der Waals surface area contributed by atoms with Crippen LogP contribution < -0.4 is 0 Å². The third-order valence-electron chi connectivity index (χ3n) is 2.20. The van der Waals surface area contributed by atoms with Crippen LogP contribution in [0.2, 0.25) is 0 Å². The number of likely N-dealkylation sites (N-methyl/N-ethyl adjacent to an activating group) is 1. The van der Waals surface area contributed by atoms with Gasteiger partial charge in [-0.15, -0.1) is 0 Å². The van der Waals surface area contributed by atoms with Gasteiger partial charge in [0, 0.05) is 14.0 Å². The van der Waals surface area contributed by atoms with Gasteiger partial charge < -0.3 is 10.0 Å². The number of rotatable bonds is 5. The van der Waals surface area contributed by atoms with Crippen molar-refractivity contribution >= 4 is 22.8 Å². The van der Waals surface area contributed by atoms with Crippen molar-refractivity contribution in [1.82, 2.24) is 4.90 Å². The van der Waals surface area contributed by atoms with Crippen LogP contribution in [0, 0.1) is 0 Å². The molecule has 1 N–H and O–H groups in total. The number of nitrogens with zero attached hydrogens (tertiary/aromatic N) is 1. The van der Waals surface area contributed by atoms with E-state index in [1.54, 1.807) is 20.9 Å². The molecule has 0 spiro atoms. The van der Waals surface area contributed by atoms with E-state index < -0.39 is 11.5 Å². The van der Waals surface area contributed by atoms with Gasteiger partial charge >= 0.3 is 0 Å². The van der Waals surface area contributed by atoms with Crippen LogP contribution in [0.1, 0.15) is 27.2 Å². The Morgan fingerprint density at radius 2 is 1.94 bits per heavy atom. The quantitative estimate of drug-likeness (QED) is 0.587. The lowest BCUT2D eigenvalue weighted by Gasteiger charge is -2.29. The first-order valence-corrected chi connectivity index (χ1v) is 5.97. The van der Waals surface area contributed by atoms with Crippen LogP contribution in [-0.4, -0.2) is 39.6 Å². The molecule has 1 amide bonds. The summed E-state index contributed by atoms with van der Waals surface area (Å²) in [5, 5.41) is 9.02. The van der Waals surface area contributed by atoms with Gasteiger partial charge in [0.1, 0.15) is 5.37 Å². The van der Waals surface area contributed by atoms with E-state index in [2.05, 4.69) is 6.58 Å². The van der Waals surface area contributed by atoms with E-state index in [0.717, 1.165) is 11.8 Å². The molecule has 0 saturated carbocycles. The zero-order valence-corrected chi connectivity index (χ0v) is 11.0. The number of aliphatic hydroxyl groups excluding tert-OH is 1.